The summed E-state index contributed by atoms with van der Waals surface area (Å²) in [5.41, 5.74) is 18.1. The molecule has 2 heterocycles. The van der Waals surface area contributed by atoms with Gasteiger partial charge in [0.2, 0.25) is 0 Å². The Labute approximate surface area is 363 Å². The summed E-state index contributed by atoms with van der Waals surface area (Å²) >= 11 is 2.03. The zero-order valence-corrected chi connectivity index (χ0v) is 34.7. The Kier molecular flexibility index (Phi) is 8.82. The average Bonchev–Trinajstić information content (AvgIpc) is 3.84. The van der Waals surface area contributed by atoms with Crippen molar-refractivity contribution in [3.8, 4) is 22.6 Å². The average molecular weight is 801 g/mol. The smallest absolute Gasteiger partial charge is 0.135 e. The molecule has 0 saturated carbocycles. The minimum absolute atomic E-state index is 0.127. The van der Waals surface area contributed by atoms with E-state index in [2.05, 4.69) is 212 Å². The van der Waals surface area contributed by atoms with Gasteiger partial charge in [0.05, 0.1) is 5.41 Å². The van der Waals surface area contributed by atoms with E-state index in [0.717, 1.165) is 30.8 Å². The Morgan fingerprint density at radius 1 is 0.492 bits per heavy atom. The van der Waals surface area contributed by atoms with Crippen molar-refractivity contribution in [2.24, 2.45) is 0 Å². The van der Waals surface area contributed by atoms with Crippen LogP contribution in [0.3, 0.4) is 0 Å². The van der Waals surface area contributed by atoms with Gasteiger partial charge >= 0.3 is 0 Å². The minimum atomic E-state index is -0.478. The SMILES string of the molecule is C1=C(CC(c2ccccc2)c2ccccc2)C=C2c3cc(C(Cc4cccc5c4Oc4ccccc4C54c5ccccc5-c5ccccc54)c4ccccc4)ccc3SC2C1. The van der Waals surface area contributed by atoms with Crippen molar-refractivity contribution in [2.75, 3.05) is 0 Å². The van der Waals surface area contributed by atoms with E-state index in [9.17, 15) is 0 Å². The predicted octanol–water partition coefficient (Wildman–Crippen LogP) is 14.9. The number of allylic oxidation sites excluding steroid dienone is 3. The molecular weight excluding hydrogens is 757 g/mol. The van der Waals surface area contributed by atoms with Gasteiger partial charge < -0.3 is 4.74 Å². The molecule has 0 amide bonds. The second-order valence-electron chi connectivity index (χ2n) is 17.0. The Balaban J connectivity index is 0.948. The van der Waals surface area contributed by atoms with E-state index in [-0.39, 0.29) is 5.92 Å². The summed E-state index contributed by atoms with van der Waals surface area (Å²) in [5.74, 6) is 2.35. The third-order valence-electron chi connectivity index (χ3n) is 13.7. The van der Waals surface area contributed by atoms with Crippen molar-refractivity contribution in [3.05, 3.63) is 274 Å². The molecule has 2 heteroatoms. The summed E-state index contributed by atoms with van der Waals surface area (Å²) in [4.78, 5) is 1.39. The molecule has 8 aromatic carbocycles. The molecule has 8 aromatic rings. The first-order valence-electron chi connectivity index (χ1n) is 21.7. The van der Waals surface area contributed by atoms with Crippen LogP contribution in [0.25, 0.3) is 16.7 Å². The first-order valence-corrected chi connectivity index (χ1v) is 22.6. The van der Waals surface area contributed by atoms with E-state index >= 15 is 0 Å². The fourth-order valence-corrected chi connectivity index (χ4v) is 12.2. The van der Waals surface area contributed by atoms with Crippen LogP contribution in [0.4, 0.5) is 0 Å². The van der Waals surface area contributed by atoms with Gasteiger partial charge in [-0.25, -0.2) is 0 Å². The van der Waals surface area contributed by atoms with Crippen LogP contribution in [0.2, 0.25) is 0 Å². The second kappa shape index (κ2) is 14.8. The van der Waals surface area contributed by atoms with E-state index in [1.54, 1.807) is 0 Å². The van der Waals surface area contributed by atoms with E-state index in [0.29, 0.717) is 11.2 Å². The molecule has 1 spiro atoms. The maximum atomic E-state index is 7.13. The molecule has 2 atom stereocenters. The molecule has 0 fully saturated rings. The number of hydrogen-bond donors (Lipinski definition) is 0. The molecule has 292 valence electrons. The van der Waals surface area contributed by atoms with Crippen LogP contribution in [-0.4, -0.2) is 5.25 Å². The van der Waals surface area contributed by atoms with Gasteiger partial charge in [0.25, 0.3) is 0 Å². The highest BCUT2D eigenvalue weighted by Crippen LogP contribution is 2.62. The van der Waals surface area contributed by atoms with Crippen molar-refractivity contribution >= 4 is 17.3 Å². The Morgan fingerprint density at radius 2 is 1.05 bits per heavy atom. The molecule has 0 saturated heterocycles. The van der Waals surface area contributed by atoms with Crippen LogP contribution >= 0.6 is 11.8 Å². The number of ether oxygens (including phenoxy) is 1. The monoisotopic (exact) mass is 800 g/mol. The zero-order chi connectivity index (χ0) is 40.3. The molecule has 1 nitrogen and oxygen atoms in total. The number of thioether (sulfide) groups is 1. The highest BCUT2D eigenvalue weighted by atomic mass is 32.2. The van der Waals surface area contributed by atoms with Gasteiger partial charge in [-0.05, 0) is 98.7 Å². The Bertz CT molecular complexity index is 2930. The summed E-state index contributed by atoms with van der Waals surface area (Å²) in [6, 6.07) is 74.1. The van der Waals surface area contributed by atoms with Crippen LogP contribution < -0.4 is 4.74 Å². The maximum Gasteiger partial charge on any atom is 0.135 e. The highest BCUT2D eigenvalue weighted by Gasteiger charge is 2.51. The zero-order valence-electron chi connectivity index (χ0n) is 33.9. The first kappa shape index (κ1) is 36.3. The van der Waals surface area contributed by atoms with Crippen LogP contribution in [0.15, 0.2) is 223 Å². The van der Waals surface area contributed by atoms with Crippen LogP contribution in [0.5, 0.6) is 11.5 Å². The van der Waals surface area contributed by atoms with Gasteiger partial charge in [0.1, 0.15) is 11.5 Å². The lowest BCUT2D eigenvalue weighted by molar-refractivity contribution is 0.429. The van der Waals surface area contributed by atoms with Crippen LogP contribution in [0, 0.1) is 0 Å². The molecule has 2 unspecified atom stereocenters. The van der Waals surface area contributed by atoms with E-state index in [1.165, 1.54) is 82.8 Å². The largest absolute Gasteiger partial charge is 0.456 e. The third-order valence-corrected chi connectivity index (χ3v) is 15.0. The van der Waals surface area contributed by atoms with Gasteiger partial charge in [-0.3, -0.25) is 0 Å². The molecule has 0 bridgehead atoms. The summed E-state index contributed by atoms with van der Waals surface area (Å²) in [6.07, 6.45) is 7.88. The van der Waals surface area contributed by atoms with Crippen molar-refractivity contribution in [1.29, 1.82) is 0 Å². The van der Waals surface area contributed by atoms with Crippen molar-refractivity contribution < 1.29 is 4.74 Å². The van der Waals surface area contributed by atoms with E-state index in [1.807, 2.05) is 11.8 Å². The fourth-order valence-electron chi connectivity index (χ4n) is 11.0. The number of hydrogen-bond acceptors (Lipinski definition) is 2. The molecule has 0 N–H and O–H groups in total. The third kappa shape index (κ3) is 5.92. The van der Waals surface area contributed by atoms with Crippen molar-refractivity contribution in [2.45, 2.75) is 46.7 Å². The number of benzene rings is 8. The van der Waals surface area contributed by atoms with E-state index < -0.39 is 5.41 Å². The lowest BCUT2D eigenvalue weighted by atomic mass is 9.65. The van der Waals surface area contributed by atoms with Gasteiger partial charge in [-0.15, -0.1) is 11.8 Å². The molecular formula is C59H44OS. The highest BCUT2D eigenvalue weighted by molar-refractivity contribution is 8.00. The van der Waals surface area contributed by atoms with Gasteiger partial charge in [-0.1, -0.05) is 200 Å². The van der Waals surface area contributed by atoms with Gasteiger partial charge in [-0.2, -0.15) is 0 Å². The predicted molar refractivity (Wildman–Crippen MR) is 252 cm³/mol. The van der Waals surface area contributed by atoms with Gasteiger partial charge in [0, 0.05) is 33.1 Å². The topological polar surface area (TPSA) is 9.23 Å². The fraction of sp³-hybridized carbons (Fsp3) is 0.119. The minimum Gasteiger partial charge on any atom is -0.456 e. The number of rotatable bonds is 8. The molecule has 61 heavy (non-hydrogen) atoms. The molecule has 2 aliphatic heterocycles. The number of para-hydroxylation sites is 2. The van der Waals surface area contributed by atoms with Crippen LogP contribution in [0.1, 0.15) is 80.3 Å². The Morgan fingerprint density at radius 3 is 1.70 bits per heavy atom. The standard InChI is InChI=1S/C59H44OS/c1-4-17-40(18-5-1)47(41-19-6-2-7-20-41)35-39-31-33-56-49(36-39)50-37-43(32-34-57(50)61-56)48(42-21-8-3-9-22-42)38-44-23-16-29-54-58(44)60-55-30-15-14-28-53(55)59(54)51-26-12-10-24-45(51)46-25-11-13-27-52(46)59/h1-32,34,36-37,47-48,56H,33,35,38H2. The van der Waals surface area contributed by atoms with Gasteiger partial charge in [0.15, 0.2) is 0 Å². The summed E-state index contributed by atoms with van der Waals surface area (Å²) in [5, 5.41) is 0.444. The molecule has 12 rings (SSSR count). The first-order chi connectivity index (χ1) is 30.2. The second-order valence-corrected chi connectivity index (χ2v) is 18.2. The molecule has 0 aromatic heterocycles. The lowest BCUT2D eigenvalue weighted by Crippen LogP contribution is -2.32. The van der Waals surface area contributed by atoms with Crippen molar-refractivity contribution in [1.82, 2.24) is 0 Å². The number of fused-ring (bicyclic) bond motifs is 12. The normalized spacial score (nSPS) is 16.6. The van der Waals surface area contributed by atoms with Crippen LogP contribution in [-0.2, 0) is 11.8 Å². The Hall–Kier alpha value is -6.61. The van der Waals surface area contributed by atoms with E-state index in [4.69, 9.17) is 4.74 Å². The molecule has 2 aliphatic carbocycles. The quantitative estimate of drug-likeness (QED) is 0.151. The summed E-state index contributed by atoms with van der Waals surface area (Å²) in [6.45, 7) is 0. The maximum absolute atomic E-state index is 7.13. The molecule has 4 aliphatic rings. The van der Waals surface area contributed by atoms with Crippen molar-refractivity contribution in [3.63, 3.8) is 0 Å². The lowest BCUT2D eigenvalue weighted by Gasteiger charge is -2.40. The molecule has 0 radical (unpaired) electrons. The summed E-state index contributed by atoms with van der Waals surface area (Å²) in [7, 11) is 0. The summed E-state index contributed by atoms with van der Waals surface area (Å²) < 4.78 is 7.13.